The molecule has 4 unspecified atom stereocenters. The van der Waals surface area contributed by atoms with Crippen molar-refractivity contribution in [2.24, 2.45) is 22.7 Å². The number of hydrogen-bond donors (Lipinski definition) is 2. The molecule has 2 aliphatic rings. The van der Waals surface area contributed by atoms with Gasteiger partial charge in [0.1, 0.15) is 0 Å². The summed E-state index contributed by atoms with van der Waals surface area (Å²) in [5.74, 6) is 1.17. The molecule has 2 aromatic carbocycles. The van der Waals surface area contributed by atoms with Crippen LogP contribution in [-0.2, 0) is 20.1 Å². The molecule has 37 heavy (non-hydrogen) atoms. The number of aromatic nitrogens is 1. The SMILES string of the molecule is CC1(C)CCC2CC(C)(C)C(O)C2C1O.Cc1[c-]c(-c2cc3cc(C(C)C)ccc3cn2)cc(C)c1.[Ir]. The average Bonchev–Trinajstić information content (AvgIpc) is 3.04. The summed E-state index contributed by atoms with van der Waals surface area (Å²) in [7, 11) is 0. The summed E-state index contributed by atoms with van der Waals surface area (Å²) in [4.78, 5) is 4.60. The number of hydrogen-bond acceptors (Lipinski definition) is 3. The van der Waals surface area contributed by atoms with Gasteiger partial charge in [-0.1, -0.05) is 79.7 Å². The van der Waals surface area contributed by atoms with Crippen LogP contribution in [0.3, 0.4) is 0 Å². The third-order valence-electron chi connectivity index (χ3n) is 8.66. The van der Waals surface area contributed by atoms with Crippen LogP contribution in [0.15, 0.2) is 42.6 Å². The number of aliphatic hydroxyl groups excluding tert-OH is 2. The van der Waals surface area contributed by atoms with Crippen LogP contribution < -0.4 is 0 Å². The first-order chi connectivity index (χ1) is 16.8. The van der Waals surface area contributed by atoms with Gasteiger partial charge in [-0.05, 0) is 64.0 Å². The zero-order valence-electron chi connectivity index (χ0n) is 23.7. The number of fused-ring (bicyclic) bond motifs is 2. The summed E-state index contributed by atoms with van der Waals surface area (Å²) in [6.07, 6.45) is 4.59. The van der Waals surface area contributed by atoms with Crippen molar-refractivity contribution in [1.29, 1.82) is 0 Å². The van der Waals surface area contributed by atoms with Gasteiger partial charge in [0, 0.05) is 32.2 Å². The summed E-state index contributed by atoms with van der Waals surface area (Å²) in [5.41, 5.74) is 5.80. The first kappa shape index (κ1) is 30.0. The molecule has 2 fully saturated rings. The van der Waals surface area contributed by atoms with Crippen LogP contribution in [0, 0.1) is 42.6 Å². The van der Waals surface area contributed by atoms with Gasteiger partial charge < -0.3 is 15.2 Å². The molecule has 1 aromatic heterocycles. The number of nitrogens with zero attached hydrogens (tertiary/aromatic N) is 1. The minimum atomic E-state index is -0.340. The molecule has 0 saturated heterocycles. The molecule has 5 rings (SSSR count). The van der Waals surface area contributed by atoms with Crippen molar-refractivity contribution in [2.45, 2.75) is 92.8 Å². The molecule has 2 saturated carbocycles. The predicted octanol–water partition coefficient (Wildman–Crippen LogP) is 7.63. The van der Waals surface area contributed by atoms with E-state index in [0.717, 1.165) is 36.1 Å². The van der Waals surface area contributed by atoms with Gasteiger partial charge in [-0.15, -0.1) is 34.9 Å². The number of aryl methyl sites for hydroxylation is 2. The molecule has 3 nitrogen and oxygen atoms in total. The van der Waals surface area contributed by atoms with Gasteiger partial charge in [-0.3, -0.25) is 0 Å². The molecule has 4 atom stereocenters. The Morgan fingerprint density at radius 1 is 0.919 bits per heavy atom. The Balaban J connectivity index is 0.000000211. The zero-order chi connectivity index (χ0) is 26.4. The molecule has 2 N–H and O–H groups in total. The van der Waals surface area contributed by atoms with Gasteiger partial charge in [0.25, 0.3) is 0 Å². The zero-order valence-corrected chi connectivity index (χ0v) is 26.1. The smallest absolute Gasteiger partial charge is 0.0646 e. The number of aliphatic hydroxyl groups is 2. The molecular formula is C33H44IrNO2-. The third kappa shape index (κ3) is 6.36. The standard InChI is InChI=1S/C20H20N.C13H24O2.Ir/c1-13(2)16-5-6-17-12-21-20(11-18(17)10-16)19-8-14(3)7-15(4)9-19;1-12(2)6-5-8-7-13(3,4)11(15)9(8)10(12)14;/h5-8,10-13H,1-4H3;8-11,14-15H,5-7H2,1-4H3;/q-1;;. The normalized spacial score (nSPS) is 25.7. The van der Waals surface area contributed by atoms with Crippen molar-refractivity contribution >= 4 is 10.8 Å². The average molecular weight is 679 g/mol. The Morgan fingerprint density at radius 2 is 1.59 bits per heavy atom. The molecular weight excluding hydrogens is 635 g/mol. The molecule has 0 amide bonds. The quantitative estimate of drug-likeness (QED) is 0.274. The molecule has 1 radical (unpaired) electrons. The second-order valence-electron chi connectivity index (χ2n) is 13.0. The second-order valence-corrected chi connectivity index (χ2v) is 13.0. The van der Waals surface area contributed by atoms with Crippen molar-refractivity contribution in [1.82, 2.24) is 4.98 Å². The van der Waals surface area contributed by atoms with Crippen molar-refractivity contribution in [3.05, 3.63) is 65.4 Å². The molecule has 0 spiro atoms. The van der Waals surface area contributed by atoms with Crippen LogP contribution in [0.4, 0.5) is 0 Å². The molecule has 0 bridgehead atoms. The third-order valence-corrected chi connectivity index (χ3v) is 8.66. The van der Waals surface area contributed by atoms with E-state index in [0.29, 0.717) is 11.8 Å². The van der Waals surface area contributed by atoms with E-state index in [-0.39, 0.29) is 49.1 Å². The van der Waals surface area contributed by atoms with Crippen molar-refractivity contribution in [2.75, 3.05) is 0 Å². The van der Waals surface area contributed by atoms with Crippen molar-refractivity contribution in [3.63, 3.8) is 0 Å². The fourth-order valence-electron chi connectivity index (χ4n) is 6.36. The summed E-state index contributed by atoms with van der Waals surface area (Å²) in [5, 5.41) is 23.1. The van der Waals surface area contributed by atoms with Gasteiger partial charge in [0.05, 0.1) is 12.2 Å². The Kier molecular flexibility index (Phi) is 9.12. The minimum absolute atomic E-state index is 0. The molecule has 0 aliphatic heterocycles. The van der Waals surface area contributed by atoms with E-state index < -0.39 is 0 Å². The Hall–Kier alpha value is -1.58. The Bertz CT molecular complexity index is 1210. The number of pyridine rings is 1. The van der Waals surface area contributed by atoms with Crippen molar-refractivity contribution in [3.8, 4) is 11.3 Å². The maximum atomic E-state index is 10.3. The van der Waals surface area contributed by atoms with Crippen LogP contribution in [0.1, 0.15) is 83.4 Å². The van der Waals surface area contributed by atoms with Gasteiger partial charge in [-0.25, -0.2) is 0 Å². The fraction of sp³-hybridized carbons (Fsp3) is 0.545. The van der Waals surface area contributed by atoms with E-state index in [9.17, 15) is 10.2 Å². The van der Waals surface area contributed by atoms with E-state index in [2.05, 4.69) is 103 Å². The van der Waals surface area contributed by atoms with E-state index >= 15 is 0 Å². The second kappa shape index (κ2) is 11.3. The van der Waals surface area contributed by atoms with Crippen LogP contribution in [0.2, 0.25) is 0 Å². The van der Waals surface area contributed by atoms with Crippen LogP contribution in [0.5, 0.6) is 0 Å². The molecule has 2 aliphatic carbocycles. The fourth-order valence-corrected chi connectivity index (χ4v) is 6.36. The van der Waals surface area contributed by atoms with Gasteiger partial charge >= 0.3 is 0 Å². The maximum Gasteiger partial charge on any atom is 0.0646 e. The predicted molar refractivity (Wildman–Crippen MR) is 150 cm³/mol. The number of benzene rings is 2. The topological polar surface area (TPSA) is 53.4 Å². The first-order valence-electron chi connectivity index (χ1n) is 13.6. The Labute approximate surface area is 237 Å². The molecule has 3 aromatic rings. The van der Waals surface area contributed by atoms with Gasteiger partial charge in [-0.2, -0.15) is 0 Å². The van der Waals surface area contributed by atoms with E-state index in [1.807, 2.05) is 6.20 Å². The summed E-state index contributed by atoms with van der Waals surface area (Å²) in [6.45, 7) is 17.1. The van der Waals surface area contributed by atoms with Gasteiger partial charge in [0.2, 0.25) is 0 Å². The largest absolute Gasteiger partial charge is 0.392 e. The summed E-state index contributed by atoms with van der Waals surface area (Å²) >= 11 is 0. The van der Waals surface area contributed by atoms with Gasteiger partial charge in [0.15, 0.2) is 0 Å². The van der Waals surface area contributed by atoms with E-state index in [1.54, 1.807) is 0 Å². The number of rotatable bonds is 2. The summed E-state index contributed by atoms with van der Waals surface area (Å²) < 4.78 is 0. The van der Waals surface area contributed by atoms with Crippen molar-refractivity contribution < 1.29 is 30.3 Å². The van der Waals surface area contributed by atoms with Crippen LogP contribution in [-0.4, -0.2) is 27.4 Å². The van der Waals surface area contributed by atoms with E-state index in [4.69, 9.17) is 0 Å². The minimum Gasteiger partial charge on any atom is -0.392 e. The molecule has 4 heteroatoms. The monoisotopic (exact) mass is 679 g/mol. The Morgan fingerprint density at radius 3 is 2.24 bits per heavy atom. The maximum absolute atomic E-state index is 10.3. The molecule has 203 valence electrons. The van der Waals surface area contributed by atoms with Crippen LogP contribution in [0.25, 0.3) is 22.0 Å². The first-order valence-corrected chi connectivity index (χ1v) is 13.6. The van der Waals surface area contributed by atoms with Crippen LogP contribution >= 0.6 is 0 Å². The van der Waals surface area contributed by atoms with E-state index in [1.165, 1.54) is 21.9 Å². The molecule has 1 heterocycles. The summed E-state index contributed by atoms with van der Waals surface area (Å²) in [6, 6.07) is 16.5.